The van der Waals surface area contributed by atoms with Gasteiger partial charge in [-0.25, -0.2) is 8.42 Å². The quantitative estimate of drug-likeness (QED) is 0.799. The lowest BCUT2D eigenvalue weighted by molar-refractivity contribution is -0.144. The fourth-order valence-corrected chi connectivity index (χ4v) is 4.27. The summed E-state index contributed by atoms with van der Waals surface area (Å²) in [5, 5.41) is 9.04. The zero-order valence-electron chi connectivity index (χ0n) is 9.36. The van der Waals surface area contributed by atoms with Crippen LogP contribution in [0.1, 0.15) is 33.6 Å². The fourth-order valence-electron chi connectivity index (χ4n) is 2.44. The van der Waals surface area contributed by atoms with Crippen LogP contribution in [0.5, 0.6) is 0 Å². The van der Waals surface area contributed by atoms with E-state index in [9.17, 15) is 13.2 Å². The highest BCUT2D eigenvalue weighted by molar-refractivity contribution is 7.93. The van der Waals surface area contributed by atoms with Gasteiger partial charge >= 0.3 is 5.97 Å². The minimum Gasteiger partial charge on any atom is -0.481 e. The van der Waals surface area contributed by atoms with Crippen molar-refractivity contribution in [2.75, 3.05) is 5.75 Å². The molecule has 0 amide bonds. The molecule has 15 heavy (non-hydrogen) atoms. The summed E-state index contributed by atoms with van der Waals surface area (Å²) in [7, 11) is -3.13. The molecule has 0 aromatic heterocycles. The van der Waals surface area contributed by atoms with Crippen LogP contribution in [-0.4, -0.2) is 30.0 Å². The zero-order chi connectivity index (χ0) is 11.9. The van der Waals surface area contributed by atoms with Crippen molar-refractivity contribution in [3.05, 3.63) is 0 Å². The predicted molar refractivity (Wildman–Crippen MR) is 57.4 cm³/mol. The Morgan fingerprint density at radius 2 is 2.07 bits per heavy atom. The van der Waals surface area contributed by atoms with Crippen LogP contribution in [0.15, 0.2) is 0 Å². The molecule has 1 heterocycles. The van der Waals surface area contributed by atoms with E-state index in [0.717, 1.165) is 0 Å². The lowest BCUT2D eigenvalue weighted by Crippen LogP contribution is -2.39. The fraction of sp³-hybridized carbons (Fsp3) is 0.900. The van der Waals surface area contributed by atoms with Crippen molar-refractivity contribution in [2.45, 2.75) is 38.4 Å². The molecular weight excluding hydrogens is 216 g/mol. The molecule has 0 saturated carbocycles. The summed E-state index contributed by atoms with van der Waals surface area (Å²) in [5.74, 6) is -1.57. The summed E-state index contributed by atoms with van der Waals surface area (Å²) in [4.78, 5) is 11.0. The third-order valence-electron chi connectivity index (χ3n) is 3.63. The van der Waals surface area contributed by atoms with Crippen LogP contribution in [0, 0.1) is 11.8 Å². The first kappa shape index (κ1) is 12.5. The lowest BCUT2D eigenvalue weighted by atomic mass is 9.80. The Kier molecular flexibility index (Phi) is 3.14. The van der Waals surface area contributed by atoms with Crippen molar-refractivity contribution in [2.24, 2.45) is 11.8 Å². The standard InChI is InChI=1S/C10H18O4S/c1-4-7(9(11)12)8-5-6-15(13,14)10(8,2)3/h7-8H,4-6H2,1-3H3,(H,11,12). The van der Waals surface area contributed by atoms with Gasteiger partial charge in [-0.15, -0.1) is 0 Å². The van der Waals surface area contributed by atoms with Crippen LogP contribution in [0.2, 0.25) is 0 Å². The van der Waals surface area contributed by atoms with Gasteiger partial charge in [-0.2, -0.15) is 0 Å². The van der Waals surface area contributed by atoms with Crippen LogP contribution in [0.4, 0.5) is 0 Å². The number of sulfone groups is 1. The van der Waals surface area contributed by atoms with Crippen molar-refractivity contribution in [3.63, 3.8) is 0 Å². The molecule has 0 aromatic rings. The number of hydrogen-bond donors (Lipinski definition) is 1. The van der Waals surface area contributed by atoms with E-state index >= 15 is 0 Å². The van der Waals surface area contributed by atoms with Crippen molar-refractivity contribution >= 4 is 15.8 Å². The molecule has 2 atom stereocenters. The molecule has 1 saturated heterocycles. The predicted octanol–water partition coefficient (Wildman–Crippen LogP) is 1.31. The highest BCUT2D eigenvalue weighted by Crippen LogP contribution is 2.42. The Morgan fingerprint density at radius 1 is 1.53 bits per heavy atom. The summed E-state index contributed by atoms with van der Waals surface area (Å²) in [6.45, 7) is 5.08. The van der Waals surface area contributed by atoms with Gasteiger partial charge < -0.3 is 5.11 Å². The van der Waals surface area contributed by atoms with Gasteiger partial charge in [0.25, 0.3) is 0 Å². The highest BCUT2D eigenvalue weighted by atomic mass is 32.2. The van der Waals surface area contributed by atoms with Gasteiger partial charge in [-0.05, 0) is 32.6 Å². The topological polar surface area (TPSA) is 71.4 Å². The second-order valence-electron chi connectivity index (χ2n) is 4.67. The number of hydrogen-bond acceptors (Lipinski definition) is 3. The van der Waals surface area contributed by atoms with E-state index in [-0.39, 0.29) is 11.7 Å². The van der Waals surface area contributed by atoms with Gasteiger partial charge in [0.1, 0.15) is 0 Å². The molecule has 0 spiro atoms. The van der Waals surface area contributed by atoms with E-state index in [4.69, 9.17) is 5.11 Å². The van der Waals surface area contributed by atoms with Crippen LogP contribution >= 0.6 is 0 Å². The summed E-state index contributed by atoms with van der Waals surface area (Å²) in [5.41, 5.74) is 0. The Morgan fingerprint density at radius 3 is 2.33 bits per heavy atom. The maximum Gasteiger partial charge on any atom is 0.306 e. The minimum atomic E-state index is -3.13. The number of carboxylic acids is 1. The molecule has 1 fully saturated rings. The van der Waals surface area contributed by atoms with Crippen LogP contribution < -0.4 is 0 Å². The Balaban J connectivity index is 3.05. The Hall–Kier alpha value is -0.580. The molecule has 0 bridgehead atoms. The third-order valence-corrected chi connectivity index (χ3v) is 6.31. The van der Waals surface area contributed by atoms with Crippen molar-refractivity contribution < 1.29 is 18.3 Å². The van der Waals surface area contributed by atoms with Crippen LogP contribution in [-0.2, 0) is 14.6 Å². The Bertz CT molecular complexity index is 356. The second-order valence-corrected chi connectivity index (χ2v) is 7.36. The number of carboxylic acid groups (broad SMARTS) is 1. The molecule has 1 aliphatic heterocycles. The van der Waals surface area contributed by atoms with Crippen molar-refractivity contribution in [3.8, 4) is 0 Å². The SMILES string of the molecule is CCC(C(=O)O)C1CCS(=O)(=O)C1(C)C. The van der Waals surface area contributed by atoms with Gasteiger partial charge in [0.2, 0.25) is 0 Å². The molecule has 0 radical (unpaired) electrons. The summed E-state index contributed by atoms with van der Waals surface area (Å²) in [6, 6.07) is 0. The van der Waals surface area contributed by atoms with Crippen molar-refractivity contribution in [1.29, 1.82) is 0 Å². The van der Waals surface area contributed by atoms with Gasteiger partial charge in [0.05, 0.1) is 16.4 Å². The van der Waals surface area contributed by atoms with Gasteiger partial charge in [-0.3, -0.25) is 4.79 Å². The molecule has 0 aliphatic carbocycles. The van der Waals surface area contributed by atoms with Crippen molar-refractivity contribution in [1.82, 2.24) is 0 Å². The third kappa shape index (κ3) is 1.89. The molecule has 1 N–H and O–H groups in total. The molecule has 1 aliphatic rings. The minimum absolute atomic E-state index is 0.119. The van der Waals surface area contributed by atoms with Crippen LogP contribution in [0.3, 0.4) is 0 Å². The zero-order valence-corrected chi connectivity index (χ0v) is 10.2. The van der Waals surface area contributed by atoms with E-state index in [1.807, 2.05) is 0 Å². The monoisotopic (exact) mass is 234 g/mol. The average Bonchev–Trinajstić information content (AvgIpc) is 2.28. The normalized spacial score (nSPS) is 29.9. The first-order valence-corrected chi connectivity index (χ1v) is 6.84. The number of rotatable bonds is 3. The lowest BCUT2D eigenvalue weighted by Gasteiger charge is -2.29. The maximum absolute atomic E-state index is 11.7. The summed E-state index contributed by atoms with van der Waals surface area (Å²) in [6.07, 6.45) is 0.957. The largest absolute Gasteiger partial charge is 0.481 e. The van der Waals surface area contributed by atoms with Gasteiger partial charge in [0, 0.05) is 0 Å². The van der Waals surface area contributed by atoms with Crippen LogP contribution in [0.25, 0.3) is 0 Å². The van der Waals surface area contributed by atoms with E-state index < -0.39 is 26.5 Å². The highest BCUT2D eigenvalue weighted by Gasteiger charge is 2.51. The van der Waals surface area contributed by atoms with E-state index in [1.54, 1.807) is 20.8 Å². The summed E-state index contributed by atoms with van der Waals surface area (Å²) >= 11 is 0. The Labute approximate surface area is 90.6 Å². The van der Waals surface area contributed by atoms with Gasteiger partial charge in [0.15, 0.2) is 9.84 Å². The number of carbonyl (C=O) groups is 1. The second kappa shape index (κ2) is 3.77. The summed E-state index contributed by atoms with van der Waals surface area (Å²) < 4.78 is 22.6. The molecule has 0 aromatic carbocycles. The first-order valence-electron chi connectivity index (χ1n) is 5.19. The molecule has 4 nitrogen and oxygen atoms in total. The van der Waals surface area contributed by atoms with E-state index in [0.29, 0.717) is 12.8 Å². The molecule has 2 unspecified atom stereocenters. The van der Waals surface area contributed by atoms with E-state index in [1.165, 1.54) is 0 Å². The first-order chi connectivity index (χ1) is 6.74. The smallest absolute Gasteiger partial charge is 0.306 e. The molecular formula is C10H18O4S. The average molecular weight is 234 g/mol. The molecule has 88 valence electrons. The number of aliphatic carboxylic acids is 1. The van der Waals surface area contributed by atoms with Gasteiger partial charge in [-0.1, -0.05) is 6.92 Å². The molecule has 5 heteroatoms. The van der Waals surface area contributed by atoms with E-state index in [2.05, 4.69) is 0 Å². The molecule has 1 rings (SSSR count). The maximum atomic E-state index is 11.7.